The normalized spacial score (nSPS) is 20.0. The average Bonchev–Trinajstić information content (AvgIpc) is 2.92. The lowest BCUT2D eigenvalue weighted by atomic mass is 9.92. The molecule has 1 saturated heterocycles. The van der Waals surface area contributed by atoms with Crippen molar-refractivity contribution in [2.45, 2.75) is 13.3 Å². The monoisotopic (exact) mass is 263 g/mol. The van der Waals surface area contributed by atoms with Crippen molar-refractivity contribution in [3.05, 3.63) is 29.8 Å². The van der Waals surface area contributed by atoms with Gasteiger partial charge >= 0.3 is 5.97 Å². The summed E-state index contributed by atoms with van der Waals surface area (Å²) in [4.78, 5) is 11.9. The predicted octanol–water partition coefficient (Wildman–Crippen LogP) is 1.77. The minimum atomic E-state index is -0.194. The lowest BCUT2D eigenvalue weighted by molar-refractivity contribution is -0.148. The van der Waals surface area contributed by atoms with Crippen LogP contribution in [0, 0.1) is 18.8 Å². The first-order valence-electron chi connectivity index (χ1n) is 6.68. The number of methoxy groups -OCH3 is 1. The molecule has 2 atom stereocenters. The van der Waals surface area contributed by atoms with Crippen LogP contribution in [0.4, 0.5) is 0 Å². The molecule has 1 heterocycles. The predicted molar refractivity (Wildman–Crippen MR) is 73.2 cm³/mol. The lowest BCUT2D eigenvalue weighted by Gasteiger charge is -2.20. The number of hydrogen-bond donors (Lipinski definition) is 1. The summed E-state index contributed by atoms with van der Waals surface area (Å²) in [6.45, 7) is 4.22. The third kappa shape index (κ3) is 3.70. The van der Waals surface area contributed by atoms with Crippen molar-refractivity contribution < 1.29 is 14.3 Å². The molecule has 104 valence electrons. The minimum absolute atomic E-state index is 0.179. The molecule has 0 aromatic heterocycles. The zero-order valence-electron chi connectivity index (χ0n) is 11.5. The lowest BCUT2D eigenvalue weighted by Crippen LogP contribution is -2.31. The van der Waals surface area contributed by atoms with Crippen LogP contribution in [-0.4, -0.2) is 32.8 Å². The van der Waals surface area contributed by atoms with Crippen molar-refractivity contribution in [2.24, 2.45) is 11.8 Å². The molecule has 2 rings (SSSR count). The summed E-state index contributed by atoms with van der Waals surface area (Å²) in [5.41, 5.74) is 1.15. The molecule has 1 aromatic rings. The Balaban J connectivity index is 1.97. The van der Waals surface area contributed by atoms with Crippen LogP contribution >= 0.6 is 0 Å². The Labute approximate surface area is 114 Å². The van der Waals surface area contributed by atoms with E-state index in [1.165, 1.54) is 7.11 Å². The van der Waals surface area contributed by atoms with Crippen LogP contribution in [0.15, 0.2) is 24.3 Å². The molecule has 1 aliphatic rings. The Morgan fingerprint density at radius 1 is 1.53 bits per heavy atom. The van der Waals surface area contributed by atoms with Crippen molar-refractivity contribution >= 4 is 5.97 Å². The summed E-state index contributed by atoms with van der Waals surface area (Å²) in [5, 5.41) is 3.28. The third-order valence-electron chi connectivity index (χ3n) is 3.59. The SMILES string of the molecule is COC(=O)C(COc1cccc(C)c1)C1CCNC1. The molecule has 1 fully saturated rings. The zero-order chi connectivity index (χ0) is 13.7. The van der Waals surface area contributed by atoms with Crippen LogP contribution < -0.4 is 10.1 Å². The number of benzene rings is 1. The van der Waals surface area contributed by atoms with Crippen molar-refractivity contribution in [1.29, 1.82) is 0 Å². The Bertz CT molecular complexity index is 427. The van der Waals surface area contributed by atoms with E-state index in [1.807, 2.05) is 31.2 Å². The maximum absolute atomic E-state index is 11.9. The van der Waals surface area contributed by atoms with E-state index in [2.05, 4.69) is 5.32 Å². The first-order chi connectivity index (χ1) is 9.20. The van der Waals surface area contributed by atoms with Gasteiger partial charge in [-0.25, -0.2) is 0 Å². The fraction of sp³-hybridized carbons (Fsp3) is 0.533. The maximum atomic E-state index is 11.9. The number of carbonyl (C=O) groups excluding carboxylic acids is 1. The highest BCUT2D eigenvalue weighted by molar-refractivity contribution is 5.73. The summed E-state index contributed by atoms with van der Waals surface area (Å²) in [6, 6.07) is 7.86. The van der Waals surface area contributed by atoms with E-state index in [0.717, 1.165) is 30.8 Å². The standard InChI is InChI=1S/C15H21NO3/c1-11-4-3-5-13(8-11)19-10-14(15(17)18-2)12-6-7-16-9-12/h3-5,8,12,14,16H,6-7,9-10H2,1-2H3. The van der Waals surface area contributed by atoms with Gasteiger partial charge in [0.1, 0.15) is 12.4 Å². The highest BCUT2D eigenvalue weighted by Gasteiger charge is 2.32. The van der Waals surface area contributed by atoms with Gasteiger partial charge in [-0.15, -0.1) is 0 Å². The van der Waals surface area contributed by atoms with Gasteiger partial charge in [-0.2, -0.15) is 0 Å². The third-order valence-corrected chi connectivity index (χ3v) is 3.59. The number of nitrogens with one attached hydrogen (secondary N) is 1. The fourth-order valence-corrected chi connectivity index (χ4v) is 2.46. The van der Waals surface area contributed by atoms with E-state index >= 15 is 0 Å². The summed E-state index contributed by atoms with van der Waals surface area (Å²) in [6.07, 6.45) is 0.997. The van der Waals surface area contributed by atoms with Gasteiger partial charge in [0.25, 0.3) is 0 Å². The molecule has 0 spiro atoms. The topological polar surface area (TPSA) is 47.6 Å². The molecule has 1 aliphatic heterocycles. The number of carbonyl (C=O) groups is 1. The van der Waals surface area contributed by atoms with Crippen LogP contribution in [0.3, 0.4) is 0 Å². The Kier molecular flexibility index (Phi) is 4.80. The second kappa shape index (κ2) is 6.57. The molecular formula is C15H21NO3. The molecule has 4 nitrogen and oxygen atoms in total. The van der Waals surface area contributed by atoms with Gasteiger partial charge in [-0.05, 0) is 50.0 Å². The summed E-state index contributed by atoms with van der Waals surface area (Å²) in [5.74, 6) is 0.735. The highest BCUT2D eigenvalue weighted by atomic mass is 16.5. The molecule has 0 aliphatic carbocycles. The fourth-order valence-electron chi connectivity index (χ4n) is 2.46. The first kappa shape index (κ1) is 13.9. The largest absolute Gasteiger partial charge is 0.493 e. The number of rotatable bonds is 5. The molecule has 0 saturated carbocycles. The molecule has 1 N–H and O–H groups in total. The van der Waals surface area contributed by atoms with Crippen molar-refractivity contribution in [3.8, 4) is 5.75 Å². The Morgan fingerprint density at radius 2 is 2.37 bits per heavy atom. The van der Waals surface area contributed by atoms with Gasteiger partial charge in [0.2, 0.25) is 0 Å². The van der Waals surface area contributed by atoms with E-state index < -0.39 is 0 Å². The molecule has 1 aromatic carbocycles. The Morgan fingerprint density at radius 3 is 3.00 bits per heavy atom. The van der Waals surface area contributed by atoms with Gasteiger partial charge in [-0.3, -0.25) is 4.79 Å². The second-order valence-corrected chi connectivity index (χ2v) is 5.01. The van der Waals surface area contributed by atoms with Gasteiger partial charge in [-0.1, -0.05) is 12.1 Å². The quantitative estimate of drug-likeness (QED) is 0.823. The van der Waals surface area contributed by atoms with Gasteiger partial charge in [0.05, 0.1) is 13.0 Å². The van der Waals surface area contributed by atoms with Crippen LogP contribution in [-0.2, 0) is 9.53 Å². The number of hydrogen-bond acceptors (Lipinski definition) is 4. The summed E-state index contributed by atoms with van der Waals surface area (Å²) >= 11 is 0. The molecule has 0 amide bonds. The molecular weight excluding hydrogens is 242 g/mol. The van der Waals surface area contributed by atoms with E-state index in [-0.39, 0.29) is 11.9 Å². The Hall–Kier alpha value is -1.55. The van der Waals surface area contributed by atoms with E-state index in [4.69, 9.17) is 9.47 Å². The molecule has 2 unspecified atom stereocenters. The van der Waals surface area contributed by atoms with Crippen LogP contribution in [0.25, 0.3) is 0 Å². The van der Waals surface area contributed by atoms with Gasteiger partial charge in [0.15, 0.2) is 0 Å². The van der Waals surface area contributed by atoms with E-state index in [0.29, 0.717) is 12.5 Å². The van der Waals surface area contributed by atoms with Crippen molar-refractivity contribution in [1.82, 2.24) is 5.32 Å². The second-order valence-electron chi connectivity index (χ2n) is 5.01. The minimum Gasteiger partial charge on any atom is -0.493 e. The van der Waals surface area contributed by atoms with Crippen molar-refractivity contribution in [3.63, 3.8) is 0 Å². The first-order valence-corrected chi connectivity index (χ1v) is 6.68. The smallest absolute Gasteiger partial charge is 0.312 e. The summed E-state index contributed by atoms with van der Waals surface area (Å²) < 4.78 is 10.6. The maximum Gasteiger partial charge on any atom is 0.312 e. The van der Waals surface area contributed by atoms with E-state index in [9.17, 15) is 4.79 Å². The number of aryl methyl sites for hydroxylation is 1. The van der Waals surface area contributed by atoms with E-state index in [1.54, 1.807) is 0 Å². The molecule has 0 radical (unpaired) electrons. The van der Waals surface area contributed by atoms with Crippen LogP contribution in [0.5, 0.6) is 5.75 Å². The number of esters is 1. The van der Waals surface area contributed by atoms with Gasteiger partial charge in [0, 0.05) is 0 Å². The average molecular weight is 263 g/mol. The molecule has 19 heavy (non-hydrogen) atoms. The highest BCUT2D eigenvalue weighted by Crippen LogP contribution is 2.22. The van der Waals surface area contributed by atoms with Crippen LogP contribution in [0.2, 0.25) is 0 Å². The molecule has 0 bridgehead atoms. The zero-order valence-corrected chi connectivity index (χ0v) is 11.5. The van der Waals surface area contributed by atoms with Gasteiger partial charge < -0.3 is 14.8 Å². The summed E-state index contributed by atoms with van der Waals surface area (Å²) in [7, 11) is 1.43. The van der Waals surface area contributed by atoms with Crippen LogP contribution in [0.1, 0.15) is 12.0 Å². The molecule has 4 heteroatoms. The number of ether oxygens (including phenoxy) is 2. The van der Waals surface area contributed by atoms with Crippen molar-refractivity contribution in [2.75, 3.05) is 26.8 Å².